The molecule has 0 spiro atoms. The van der Waals surface area contributed by atoms with Gasteiger partial charge in [0.2, 0.25) is 23.6 Å². The second-order valence-corrected chi connectivity index (χ2v) is 12.8. The van der Waals surface area contributed by atoms with Crippen LogP contribution in [-0.4, -0.2) is 70.0 Å². The molecule has 2 saturated heterocycles. The van der Waals surface area contributed by atoms with E-state index in [2.05, 4.69) is 20.2 Å². The SMILES string of the molecule is COc1nc(-c2cccc(-c3cccc(-c4cnc(CN5CC[C@H](C(N)=O)C5)c(OC)n4)c3Cl)c2Cl)cnc1CCC[C@@H]1CCC(=O)N1. The van der Waals surface area contributed by atoms with E-state index in [1.54, 1.807) is 26.6 Å². The van der Waals surface area contributed by atoms with Crippen LogP contribution in [0.3, 0.4) is 0 Å². The number of ether oxygens (including phenoxy) is 2. The third-order valence-corrected chi connectivity index (χ3v) is 9.76. The van der Waals surface area contributed by atoms with Crippen molar-refractivity contribution < 1.29 is 19.1 Å². The van der Waals surface area contributed by atoms with Gasteiger partial charge in [-0.1, -0.05) is 59.6 Å². The van der Waals surface area contributed by atoms with Gasteiger partial charge in [0.25, 0.3) is 0 Å². The molecule has 0 aliphatic carbocycles. The second-order valence-electron chi connectivity index (χ2n) is 12.1. The third-order valence-electron chi connectivity index (χ3n) is 8.95. The first-order valence-corrected chi connectivity index (χ1v) is 16.7. The Morgan fingerprint density at radius 1 is 0.917 bits per heavy atom. The van der Waals surface area contributed by atoms with Crippen LogP contribution >= 0.6 is 23.2 Å². The smallest absolute Gasteiger partial charge is 0.237 e. The molecular weight excluding hydrogens is 653 g/mol. The molecule has 0 bridgehead atoms. The van der Waals surface area contributed by atoms with Gasteiger partial charge in [0, 0.05) is 47.8 Å². The quantitative estimate of drug-likeness (QED) is 0.197. The summed E-state index contributed by atoms with van der Waals surface area (Å²) in [6, 6.07) is 11.6. The highest BCUT2D eigenvalue weighted by Crippen LogP contribution is 2.42. The molecule has 13 heteroatoms. The van der Waals surface area contributed by atoms with Gasteiger partial charge >= 0.3 is 0 Å². The van der Waals surface area contributed by atoms with Crippen molar-refractivity contribution >= 4 is 35.0 Å². The summed E-state index contributed by atoms with van der Waals surface area (Å²) in [5.41, 5.74) is 10.8. The van der Waals surface area contributed by atoms with Gasteiger partial charge in [-0.3, -0.25) is 24.5 Å². The van der Waals surface area contributed by atoms with Crippen molar-refractivity contribution in [2.45, 2.75) is 51.1 Å². The fourth-order valence-electron chi connectivity index (χ4n) is 6.37. The number of likely N-dealkylation sites (tertiary alicyclic amines) is 1. The van der Waals surface area contributed by atoms with Crippen molar-refractivity contribution in [3.05, 3.63) is 70.2 Å². The van der Waals surface area contributed by atoms with Gasteiger partial charge in [0.1, 0.15) is 11.4 Å². The molecule has 2 atom stereocenters. The normalized spacial score (nSPS) is 17.8. The Morgan fingerprint density at radius 2 is 1.50 bits per heavy atom. The number of primary amides is 1. The summed E-state index contributed by atoms with van der Waals surface area (Å²) in [5.74, 6) is 0.506. The van der Waals surface area contributed by atoms with Crippen molar-refractivity contribution in [3.63, 3.8) is 0 Å². The number of nitrogens with one attached hydrogen (secondary N) is 1. The second kappa shape index (κ2) is 14.8. The number of aryl methyl sites for hydroxylation is 1. The molecule has 6 rings (SSSR count). The average molecular weight is 691 g/mol. The summed E-state index contributed by atoms with van der Waals surface area (Å²) < 4.78 is 11.2. The summed E-state index contributed by atoms with van der Waals surface area (Å²) in [6.45, 7) is 1.82. The number of methoxy groups -OCH3 is 2. The number of hydrogen-bond acceptors (Lipinski definition) is 9. The van der Waals surface area contributed by atoms with Crippen molar-refractivity contribution in [2.24, 2.45) is 11.7 Å². The molecule has 250 valence electrons. The Kier molecular flexibility index (Phi) is 10.4. The monoisotopic (exact) mass is 689 g/mol. The molecule has 0 radical (unpaired) electrons. The third kappa shape index (κ3) is 7.23. The first-order chi connectivity index (χ1) is 23.2. The number of hydrogen-bond donors (Lipinski definition) is 2. The molecule has 2 amide bonds. The highest BCUT2D eigenvalue weighted by Gasteiger charge is 2.28. The molecule has 2 aromatic heterocycles. The Hall–Kier alpha value is -4.32. The molecule has 3 N–H and O–H groups in total. The van der Waals surface area contributed by atoms with Gasteiger partial charge in [0.15, 0.2) is 0 Å². The number of nitrogens with two attached hydrogens (primary N) is 1. The minimum Gasteiger partial charge on any atom is -0.480 e. The number of carbonyl (C=O) groups is 2. The molecule has 48 heavy (non-hydrogen) atoms. The lowest BCUT2D eigenvalue weighted by molar-refractivity contribution is -0.121. The van der Waals surface area contributed by atoms with E-state index in [9.17, 15) is 9.59 Å². The summed E-state index contributed by atoms with van der Waals surface area (Å²) in [5, 5.41) is 3.94. The van der Waals surface area contributed by atoms with Crippen molar-refractivity contribution in [1.29, 1.82) is 0 Å². The Balaban J connectivity index is 1.23. The predicted octanol–water partition coefficient (Wildman–Crippen LogP) is 5.50. The fourth-order valence-corrected chi connectivity index (χ4v) is 7.02. The maximum Gasteiger partial charge on any atom is 0.237 e. The topological polar surface area (TPSA) is 145 Å². The van der Waals surface area contributed by atoms with Crippen LogP contribution in [0.15, 0.2) is 48.8 Å². The largest absolute Gasteiger partial charge is 0.480 e. The lowest BCUT2D eigenvalue weighted by Gasteiger charge is -2.17. The van der Waals surface area contributed by atoms with Crippen LogP contribution in [0.2, 0.25) is 10.0 Å². The molecule has 4 heterocycles. The number of benzene rings is 2. The number of rotatable bonds is 12. The van der Waals surface area contributed by atoms with Gasteiger partial charge in [-0.05, 0) is 38.6 Å². The molecule has 2 aromatic carbocycles. The summed E-state index contributed by atoms with van der Waals surface area (Å²) in [7, 11) is 3.13. The summed E-state index contributed by atoms with van der Waals surface area (Å²) in [6.07, 6.45) is 7.99. The Labute approximate surface area is 289 Å². The number of aromatic nitrogens is 4. The molecule has 0 unspecified atom stereocenters. The fraction of sp³-hybridized carbons (Fsp3) is 0.371. The molecule has 4 aromatic rings. The zero-order valence-electron chi connectivity index (χ0n) is 26.8. The molecular formula is C35H37Cl2N7O4. The average Bonchev–Trinajstić information content (AvgIpc) is 3.74. The van der Waals surface area contributed by atoms with E-state index in [-0.39, 0.29) is 23.8 Å². The maximum absolute atomic E-state index is 11.6. The molecule has 2 aliphatic rings. The standard InChI is InChI=1S/C35H37Cl2N7O4/c1-47-34-26(11-3-6-21-12-13-30(45)41-21)39-16-27(42-34)24-9-4-7-22(31(24)36)23-8-5-10-25(32(23)37)28-17-40-29(35(43-28)48-2)19-44-15-14-20(18-44)33(38)46/h4-5,7-10,16-17,20-21H,3,6,11-15,18-19H2,1-2H3,(H2,38,46)(H,41,45)/t20-,21+/m0/s1. The van der Waals surface area contributed by atoms with E-state index in [0.717, 1.165) is 49.0 Å². The lowest BCUT2D eigenvalue weighted by atomic mass is 9.98. The lowest BCUT2D eigenvalue weighted by Crippen LogP contribution is -2.27. The Morgan fingerprint density at radius 3 is 2.04 bits per heavy atom. The van der Waals surface area contributed by atoms with E-state index in [0.29, 0.717) is 75.9 Å². The van der Waals surface area contributed by atoms with Crippen LogP contribution in [0, 0.1) is 5.92 Å². The summed E-state index contributed by atoms with van der Waals surface area (Å²) in [4.78, 5) is 44.1. The first-order valence-electron chi connectivity index (χ1n) is 15.9. The Bertz CT molecular complexity index is 1840. The maximum atomic E-state index is 11.6. The van der Waals surface area contributed by atoms with Gasteiger partial charge in [-0.2, -0.15) is 0 Å². The van der Waals surface area contributed by atoms with E-state index in [4.69, 9.17) is 48.4 Å². The van der Waals surface area contributed by atoms with Crippen LogP contribution in [-0.2, 0) is 22.6 Å². The predicted molar refractivity (Wildman–Crippen MR) is 184 cm³/mol. The van der Waals surface area contributed by atoms with Crippen molar-refractivity contribution in [1.82, 2.24) is 30.2 Å². The van der Waals surface area contributed by atoms with Crippen LogP contribution < -0.4 is 20.5 Å². The first kappa shape index (κ1) is 33.6. The summed E-state index contributed by atoms with van der Waals surface area (Å²) >= 11 is 14.1. The molecule has 0 saturated carbocycles. The zero-order valence-corrected chi connectivity index (χ0v) is 28.4. The van der Waals surface area contributed by atoms with Crippen LogP contribution in [0.5, 0.6) is 11.8 Å². The number of carbonyl (C=O) groups excluding carboxylic acids is 2. The van der Waals surface area contributed by atoms with Crippen molar-refractivity contribution in [2.75, 3.05) is 27.3 Å². The van der Waals surface area contributed by atoms with Gasteiger partial charge in [0.05, 0.1) is 54.0 Å². The van der Waals surface area contributed by atoms with Gasteiger partial charge in [-0.25, -0.2) is 9.97 Å². The highest BCUT2D eigenvalue weighted by atomic mass is 35.5. The minimum atomic E-state index is -0.282. The van der Waals surface area contributed by atoms with E-state index < -0.39 is 0 Å². The van der Waals surface area contributed by atoms with Gasteiger partial charge in [-0.15, -0.1) is 0 Å². The molecule has 11 nitrogen and oxygen atoms in total. The molecule has 2 fully saturated rings. The van der Waals surface area contributed by atoms with Crippen LogP contribution in [0.25, 0.3) is 33.6 Å². The van der Waals surface area contributed by atoms with Gasteiger partial charge < -0.3 is 20.5 Å². The minimum absolute atomic E-state index is 0.118. The van der Waals surface area contributed by atoms with Crippen LogP contribution in [0.1, 0.15) is 43.5 Å². The zero-order chi connectivity index (χ0) is 33.8. The van der Waals surface area contributed by atoms with E-state index >= 15 is 0 Å². The van der Waals surface area contributed by atoms with E-state index in [1.807, 2.05) is 36.4 Å². The van der Waals surface area contributed by atoms with Crippen LogP contribution in [0.4, 0.5) is 0 Å². The van der Waals surface area contributed by atoms with E-state index in [1.165, 1.54) is 0 Å². The highest BCUT2D eigenvalue weighted by molar-refractivity contribution is 6.39. The number of nitrogens with zero attached hydrogens (tertiary/aromatic N) is 5. The number of amides is 2. The number of halogens is 2. The van der Waals surface area contributed by atoms with Crippen molar-refractivity contribution in [3.8, 4) is 45.4 Å². The molecule has 2 aliphatic heterocycles.